The average Bonchev–Trinajstić information content (AvgIpc) is 3.33. The van der Waals surface area contributed by atoms with Crippen molar-refractivity contribution in [2.24, 2.45) is 7.05 Å². The molecule has 4 heterocycles. The number of imidazole rings is 2. The molecule has 0 N–H and O–H groups in total. The first-order chi connectivity index (χ1) is 13.1. The lowest BCUT2D eigenvalue weighted by Gasteiger charge is -2.23. The van der Waals surface area contributed by atoms with Gasteiger partial charge in [-0.3, -0.25) is 9.30 Å². The van der Waals surface area contributed by atoms with Crippen LogP contribution >= 0.6 is 0 Å². The van der Waals surface area contributed by atoms with Gasteiger partial charge >= 0.3 is 0 Å². The van der Waals surface area contributed by atoms with Crippen molar-refractivity contribution in [1.29, 1.82) is 0 Å². The first kappa shape index (κ1) is 16.9. The Labute approximate surface area is 160 Å². The molecule has 1 aliphatic heterocycles. The Kier molecular flexibility index (Phi) is 4.04. The van der Waals surface area contributed by atoms with Crippen LogP contribution < -0.4 is 0 Å². The van der Waals surface area contributed by atoms with Crippen molar-refractivity contribution < 1.29 is 0 Å². The van der Waals surface area contributed by atoms with Crippen molar-refractivity contribution in [1.82, 2.24) is 28.8 Å². The first-order valence-corrected chi connectivity index (χ1v) is 10.2. The van der Waals surface area contributed by atoms with E-state index in [1.54, 1.807) is 0 Å². The molecular weight excluding hydrogens is 336 g/mol. The highest BCUT2D eigenvalue weighted by molar-refractivity contribution is 5.34. The van der Waals surface area contributed by atoms with Gasteiger partial charge < -0.3 is 4.57 Å². The fraction of sp³-hybridized carbons (Fsp3) is 0.571. The van der Waals surface area contributed by atoms with Crippen LogP contribution in [-0.2, 0) is 26.4 Å². The van der Waals surface area contributed by atoms with Crippen LogP contribution in [-0.4, -0.2) is 35.4 Å². The largest absolute Gasteiger partial charge is 0.334 e. The van der Waals surface area contributed by atoms with Gasteiger partial charge in [0, 0.05) is 36.9 Å². The maximum absolute atomic E-state index is 5.08. The van der Waals surface area contributed by atoms with Crippen LogP contribution in [0.4, 0.5) is 0 Å². The van der Waals surface area contributed by atoms with Crippen LogP contribution in [0.25, 0.3) is 5.78 Å². The number of aryl methyl sites for hydroxylation is 3. The molecule has 2 aliphatic rings. The third-order valence-corrected chi connectivity index (χ3v) is 6.25. The summed E-state index contributed by atoms with van der Waals surface area (Å²) in [6.45, 7) is 6.12. The Balaban J connectivity index is 1.44. The molecule has 0 amide bonds. The van der Waals surface area contributed by atoms with Gasteiger partial charge in [0.1, 0.15) is 5.82 Å². The molecule has 6 nitrogen and oxygen atoms in total. The third-order valence-electron chi connectivity index (χ3n) is 6.25. The maximum Gasteiger partial charge on any atom is 0.234 e. The van der Waals surface area contributed by atoms with Crippen molar-refractivity contribution in [3.05, 3.63) is 46.6 Å². The highest BCUT2D eigenvalue weighted by Crippen LogP contribution is 2.34. The predicted molar refractivity (Wildman–Crippen MR) is 105 cm³/mol. The van der Waals surface area contributed by atoms with E-state index in [9.17, 15) is 0 Å². The molecule has 0 spiro atoms. The molecule has 0 bridgehead atoms. The van der Waals surface area contributed by atoms with Crippen molar-refractivity contribution in [2.45, 2.75) is 65.0 Å². The van der Waals surface area contributed by atoms with E-state index in [0.29, 0.717) is 6.04 Å². The summed E-state index contributed by atoms with van der Waals surface area (Å²) >= 11 is 0. The topological polar surface area (TPSA) is 51.2 Å². The minimum atomic E-state index is 0.404. The number of hydrogen-bond acceptors (Lipinski definition) is 4. The van der Waals surface area contributed by atoms with E-state index >= 15 is 0 Å². The second-order valence-corrected chi connectivity index (χ2v) is 8.20. The number of nitrogens with zero attached hydrogens (tertiary/aromatic N) is 6. The normalized spacial score (nSPS) is 20.5. The van der Waals surface area contributed by atoms with Crippen LogP contribution in [0.5, 0.6) is 0 Å². The highest BCUT2D eigenvalue weighted by Gasteiger charge is 2.32. The SMILES string of the molecule is Cc1cc(C)n2cc(CN3CCC[C@H]3c3nc4c(n3C)CCCC4)nc2n1. The summed E-state index contributed by atoms with van der Waals surface area (Å²) in [6.07, 6.45) is 9.47. The van der Waals surface area contributed by atoms with Gasteiger partial charge in [-0.2, -0.15) is 0 Å². The van der Waals surface area contributed by atoms with Crippen molar-refractivity contribution >= 4 is 5.78 Å². The van der Waals surface area contributed by atoms with Crippen LogP contribution in [0.3, 0.4) is 0 Å². The van der Waals surface area contributed by atoms with Crippen LogP contribution in [0.15, 0.2) is 12.3 Å². The van der Waals surface area contributed by atoms with Gasteiger partial charge in [0.2, 0.25) is 5.78 Å². The molecule has 3 aromatic heterocycles. The summed E-state index contributed by atoms with van der Waals surface area (Å²) < 4.78 is 4.49. The van der Waals surface area contributed by atoms with Crippen molar-refractivity contribution in [3.8, 4) is 0 Å². The van der Waals surface area contributed by atoms with E-state index in [4.69, 9.17) is 9.97 Å². The minimum absolute atomic E-state index is 0.404. The number of aromatic nitrogens is 5. The quantitative estimate of drug-likeness (QED) is 0.716. The standard InChI is InChI=1S/C21H28N6/c1-14-11-15(2)27-13-16(23-21(27)22-14)12-26-10-6-9-19(26)20-24-17-7-4-5-8-18(17)25(20)3/h11,13,19H,4-10,12H2,1-3H3/t19-/m0/s1. The smallest absolute Gasteiger partial charge is 0.234 e. The zero-order valence-corrected chi connectivity index (χ0v) is 16.6. The lowest BCUT2D eigenvalue weighted by molar-refractivity contribution is 0.234. The maximum atomic E-state index is 5.08. The first-order valence-electron chi connectivity index (χ1n) is 10.2. The molecule has 0 unspecified atom stereocenters. The predicted octanol–water partition coefficient (Wildman–Crippen LogP) is 3.30. The summed E-state index contributed by atoms with van der Waals surface area (Å²) in [5, 5.41) is 0. The Morgan fingerprint density at radius 3 is 2.78 bits per heavy atom. The third kappa shape index (κ3) is 2.87. The Morgan fingerprint density at radius 1 is 1.07 bits per heavy atom. The van der Waals surface area contributed by atoms with E-state index < -0.39 is 0 Å². The van der Waals surface area contributed by atoms with Gasteiger partial charge in [0.05, 0.1) is 17.4 Å². The van der Waals surface area contributed by atoms with E-state index in [1.165, 1.54) is 55.0 Å². The molecule has 3 aromatic rings. The minimum Gasteiger partial charge on any atom is -0.334 e. The van der Waals surface area contributed by atoms with Gasteiger partial charge in [-0.15, -0.1) is 0 Å². The fourth-order valence-corrected chi connectivity index (χ4v) is 4.92. The molecule has 1 aliphatic carbocycles. The molecule has 0 saturated carbocycles. The molecule has 1 fully saturated rings. The Hall–Kier alpha value is -2.21. The van der Waals surface area contributed by atoms with Gasteiger partial charge in [-0.1, -0.05) is 0 Å². The van der Waals surface area contributed by atoms with E-state index in [0.717, 1.165) is 36.7 Å². The van der Waals surface area contributed by atoms with Crippen LogP contribution in [0.2, 0.25) is 0 Å². The monoisotopic (exact) mass is 364 g/mol. The van der Waals surface area contributed by atoms with Gasteiger partial charge in [-0.05, 0) is 65.0 Å². The average molecular weight is 364 g/mol. The zero-order valence-electron chi connectivity index (χ0n) is 16.6. The zero-order chi connectivity index (χ0) is 18.5. The molecule has 0 radical (unpaired) electrons. The molecule has 142 valence electrons. The Bertz CT molecular complexity index is 998. The van der Waals surface area contributed by atoms with Crippen molar-refractivity contribution in [3.63, 3.8) is 0 Å². The fourth-order valence-electron chi connectivity index (χ4n) is 4.92. The lowest BCUT2D eigenvalue weighted by Crippen LogP contribution is -2.25. The van der Waals surface area contributed by atoms with Gasteiger partial charge in [0.25, 0.3) is 0 Å². The van der Waals surface area contributed by atoms with Crippen LogP contribution in [0.1, 0.15) is 66.0 Å². The second-order valence-electron chi connectivity index (χ2n) is 8.20. The summed E-state index contributed by atoms with van der Waals surface area (Å²) in [5.41, 5.74) is 6.11. The molecule has 5 rings (SSSR count). The summed E-state index contributed by atoms with van der Waals surface area (Å²) in [5.74, 6) is 2.07. The van der Waals surface area contributed by atoms with E-state index in [1.807, 2.05) is 6.92 Å². The van der Waals surface area contributed by atoms with Crippen molar-refractivity contribution in [2.75, 3.05) is 6.54 Å². The molecule has 6 heteroatoms. The highest BCUT2D eigenvalue weighted by atomic mass is 15.2. The Morgan fingerprint density at radius 2 is 1.93 bits per heavy atom. The van der Waals surface area contributed by atoms with Gasteiger partial charge in [-0.25, -0.2) is 15.0 Å². The summed E-state index contributed by atoms with van der Waals surface area (Å²) in [7, 11) is 2.21. The number of hydrogen-bond donors (Lipinski definition) is 0. The van der Waals surface area contributed by atoms with Gasteiger partial charge in [0.15, 0.2) is 0 Å². The molecule has 1 atom stereocenters. The second kappa shape index (κ2) is 6.44. The summed E-state index contributed by atoms with van der Waals surface area (Å²) in [4.78, 5) is 17.0. The number of rotatable bonds is 3. The molecule has 1 saturated heterocycles. The molecule has 27 heavy (non-hydrogen) atoms. The molecular formula is C21H28N6. The molecule has 0 aromatic carbocycles. The summed E-state index contributed by atoms with van der Waals surface area (Å²) in [6, 6.07) is 2.51. The van der Waals surface area contributed by atoms with E-state index in [2.05, 4.69) is 45.1 Å². The van der Waals surface area contributed by atoms with Crippen LogP contribution in [0, 0.1) is 13.8 Å². The lowest BCUT2D eigenvalue weighted by atomic mass is 10.0. The number of fused-ring (bicyclic) bond motifs is 2. The number of likely N-dealkylation sites (tertiary alicyclic amines) is 1. The van der Waals surface area contributed by atoms with E-state index in [-0.39, 0.29) is 0 Å².